The standard InChI is InChI=1S/C17H20F5N5O/c18-12-10(2-1-3-11(12)28)13-25-14(23-8-4-16(19,20)5-8)27-15(26-13)24-9-6-17(21,22)7-9/h8-9,11,28H,1-7H2,(H2,23,24,25,26,27). The number of anilines is 2. The van der Waals surface area contributed by atoms with Crippen molar-refractivity contribution in [1.82, 2.24) is 15.0 Å². The third-order valence-electron chi connectivity index (χ3n) is 5.24. The summed E-state index contributed by atoms with van der Waals surface area (Å²) < 4.78 is 66.6. The third kappa shape index (κ3) is 4.03. The summed E-state index contributed by atoms with van der Waals surface area (Å²) >= 11 is 0. The molecule has 4 rings (SSSR count). The number of aliphatic hydroxyl groups excluding tert-OH is 1. The fourth-order valence-electron chi connectivity index (χ4n) is 3.67. The van der Waals surface area contributed by atoms with Gasteiger partial charge in [-0.25, -0.2) is 22.0 Å². The highest BCUT2D eigenvalue weighted by Crippen LogP contribution is 2.40. The van der Waals surface area contributed by atoms with Crippen LogP contribution in [0.3, 0.4) is 0 Å². The predicted octanol–water partition coefficient (Wildman–Crippen LogP) is 3.52. The Bertz CT molecular complexity index is 742. The molecule has 3 aliphatic rings. The highest BCUT2D eigenvalue weighted by Gasteiger charge is 2.46. The molecule has 1 aromatic rings. The zero-order valence-corrected chi connectivity index (χ0v) is 14.9. The molecule has 1 heterocycles. The smallest absolute Gasteiger partial charge is 0.252 e. The summed E-state index contributed by atoms with van der Waals surface area (Å²) in [5.41, 5.74) is 0.116. The SMILES string of the molecule is OC1CCCC(c2nc(NC3CC(F)(F)C3)nc(NC3CC(F)(F)C3)n2)=C1F. The normalized spacial score (nSPS) is 27.1. The average Bonchev–Trinajstić information content (AvgIpc) is 2.54. The number of hydrogen-bond acceptors (Lipinski definition) is 6. The second kappa shape index (κ2) is 6.78. The fraction of sp³-hybridized carbons (Fsp3) is 0.706. The molecule has 0 aliphatic heterocycles. The predicted molar refractivity (Wildman–Crippen MR) is 90.9 cm³/mol. The molecule has 6 nitrogen and oxygen atoms in total. The van der Waals surface area contributed by atoms with Gasteiger partial charge in [-0.15, -0.1) is 0 Å². The lowest BCUT2D eigenvalue weighted by atomic mass is 9.88. The maximum absolute atomic E-state index is 14.4. The van der Waals surface area contributed by atoms with Crippen molar-refractivity contribution in [1.29, 1.82) is 0 Å². The number of allylic oxidation sites excluding steroid dienone is 1. The molecule has 28 heavy (non-hydrogen) atoms. The van der Waals surface area contributed by atoms with Crippen LogP contribution in [0.25, 0.3) is 5.57 Å². The van der Waals surface area contributed by atoms with E-state index in [4.69, 9.17) is 0 Å². The summed E-state index contributed by atoms with van der Waals surface area (Å²) in [6, 6.07) is -1.08. The molecule has 0 amide bonds. The van der Waals surface area contributed by atoms with Crippen molar-refractivity contribution in [3.05, 3.63) is 11.7 Å². The molecule has 2 fully saturated rings. The van der Waals surface area contributed by atoms with Crippen molar-refractivity contribution in [2.45, 2.75) is 75.0 Å². The van der Waals surface area contributed by atoms with Crippen LogP contribution < -0.4 is 10.6 Å². The lowest BCUT2D eigenvalue weighted by Gasteiger charge is -2.36. The Balaban J connectivity index is 1.58. The van der Waals surface area contributed by atoms with Gasteiger partial charge in [0.1, 0.15) is 11.9 Å². The molecule has 0 aromatic carbocycles. The first-order chi connectivity index (χ1) is 13.1. The Labute approximate surface area is 157 Å². The van der Waals surface area contributed by atoms with E-state index in [0.717, 1.165) is 0 Å². The minimum Gasteiger partial charge on any atom is -0.386 e. The van der Waals surface area contributed by atoms with Crippen molar-refractivity contribution < 1.29 is 27.1 Å². The van der Waals surface area contributed by atoms with Gasteiger partial charge in [0.25, 0.3) is 11.8 Å². The first-order valence-electron chi connectivity index (χ1n) is 9.22. The van der Waals surface area contributed by atoms with Crippen LogP contribution in [0.2, 0.25) is 0 Å². The Morgan fingerprint density at radius 1 is 0.857 bits per heavy atom. The van der Waals surface area contributed by atoms with Crippen molar-refractivity contribution >= 4 is 17.5 Å². The number of nitrogens with one attached hydrogen (secondary N) is 2. The van der Waals surface area contributed by atoms with E-state index in [1.807, 2.05) is 0 Å². The van der Waals surface area contributed by atoms with Crippen molar-refractivity contribution in [2.24, 2.45) is 0 Å². The lowest BCUT2D eigenvalue weighted by Crippen LogP contribution is -2.45. The molecule has 0 saturated heterocycles. The maximum Gasteiger partial charge on any atom is 0.252 e. The van der Waals surface area contributed by atoms with Crippen LogP contribution >= 0.6 is 0 Å². The van der Waals surface area contributed by atoms with E-state index in [-0.39, 0.29) is 55.4 Å². The van der Waals surface area contributed by atoms with Gasteiger partial charge in [-0.3, -0.25) is 0 Å². The van der Waals surface area contributed by atoms with E-state index in [9.17, 15) is 27.1 Å². The van der Waals surface area contributed by atoms with Gasteiger partial charge in [-0.2, -0.15) is 15.0 Å². The summed E-state index contributed by atoms with van der Waals surface area (Å²) in [6.07, 6.45) is -1.63. The first kappa shape index (κ1) is 19.3. The van der Waals surface area contributed by atoms with E-state index in [0.29, 0.717) is 12.8 Å². The van der Waals surface area contributed by atoms with Gasteiger partial charge in [-0.05, 0) is 19.3 Å². The molecule has 0 spiro atoms. The zero-order chi connectivity index (χ0) is 20.1. The van der Waals surface area contributed by atoms with Crippen LogP contribution in [0, 0.1) is 0 Å². The van der Waals surface area contributed by atoms with Crippen LogP contribution in [-0.2, 0) is 0 Å². The lowest BCUT2D eigenvalue weighted by molar-refractivity contribution is -0.0799. The van der Waals surface area contributed by atoms with E-state index in [1.165, 1.54) is 0 Å². The van der Waals surface area contributed by atoms with E-state index in [2.05, 4.69) is 25.6 Å². The van der Waals surface area contributed by atoms with Gasteiger partial charge in [0, 0.05) is 43.3 Å². The van der Waals surface area contributed by atoms with E-state index >= 15 is 0 Å². The van der Waals surface area contributed by atoms with Crippen LogP contribution in [0.5, 0.6) is 0 Å². The minimum atomic E-state index is -2.74. The molecule has 1 aromatic heterocycles. The van der Waals surface area contributed by atoms with Gasteiger partial charge in [0.2, 0.25) is 11.9 Å². The van der Waals surface area contributed by atoms with E-state index in [1.54, 1.807) is 0 Å². The Morgan fingerprint density at radius 2 is 1.36 bits per heavy atom. The van der Waals surface area contributed by atoms with Gasteiger partial charge >= 0.3 is 0 Å². The molecule has 0 radical (unpaired) electrons. The molecule has 3 N–H and O–H groups in total. The van der Waals surface area contributed by atoms with Crippen molar-refractivity contribution in [3.63, 3.8) is 0 Å². The topological polar surface area (TPSA) is 83.0 Å². The molecule has 1 atom stereocenters. The van der Waals surface area contributed by atoms with Crippen molar-refractivity contribution in [3.8, 4) is 0 Å². The number of hydrogen-bond donors (Lipinski definition) is 3. The number of halogens is 5. The fourth-order valence-corrected chi connectivity index (χ4v) is 3.67. The zero-order valence-electron chi connectivity index (χ0n) is 14.9. The third-order valence-corrected chi connectivity index (χ3v) is 5.24. The molecule has 0 bridgehead atoms. The number of alkyl halides is 4. The van der Waals surface area contributed by atoms with Crippen molar-refractivity contribution in [2.75, 3.05) is 10.6 Å². The van der Waals surface area contributed by atoms with Gasteiger partial charge in [0.05, 0.1) is 0 Å². The quantitative estimate of drug-likeness (QED) is 0.651. The van der Waals surface area contributed by atoms with Crippen LogP contribution in [0.15, 0.2) is 5.83 Å². The summed E-state index contributed by atoms with van der Waals surface area (Å²) in [5, 5.41) is 15.3. The number of aliphatic hydroxyl groups is 1. The molecule has 2 saturated carbocycles. The van der Waals surface area contributed by atoms with Gasteiger partial charge in [0.15, 0.2) is 5.82 Å². The molecular weight excluding hydrogens is 385 g/mol. The Morgan fingerprint density at radius 3 is 1.82 bits per heavy atom. The van der Waals surface area contributed by atoms with E-state index < -0.39 is 35.9 Å². The first-order valence-corrected chi connectivity index (χ1v) is 9.22. The van der Waals surface area contributed by atoms with Crippen LogP contribution in [0.1, 0.15) is 50.8 Å². The number of aromatic nitrogens is 3. The second-order valence-electron chi connectivity index (χ2n) is 7.75. The summed E-state index contributed by atoms with van der Waals surface area (Å²) in [4.78, 5) is 12.3. The summed E-state index contributed by atoms with van der Waals surface area (Å²) in [5.74, 6) is -6.31. The largest absolute Gasteiger partial charge is 0.386 e. The second-order valence-corrected chi connectivity index (χ2v) is 7.75. The molecule has 11 heteroatoms. The molecule has 154 valence electrons. The number of rotatable bonds is 5. The number of nitrogens with zero attached hydrogens (tertiary/aromatic N) is 3. The monoisotopic (exact) mass is 405 g/mol. The summed E-state index contributed by atoms with van der Waals surface area (Å²) in [6.45, 7) is 0. The highest BCUT2D eigenvalue weighted by atomic mass is 19.3. The Kier molecular flexibility index (Phi) is 4.67. The minimum absolute atomic E-state index is 0.0283. The van der Waals surface area contributed by atoms with Crippen LogP contribution in [-0.4, -0.2) is 50.1 Å². The van der Waals surface area contributed by atoms with Crippen LogP contribution in [0.4, 0.5) is 33.8 Å². The molecule has 3 aliphatic carbocycles. The highest BCUT2D eigenvalue weighted by molar-refractivity contribution is 5.65. The average molecular weight is 405 g/mol. The summed E-state index contributed by atoms with van der Waals surface area (Å²) in [7, 11) is 0. The maximum atomic E-state index is 14.4. The molecular formula is C17H20F5N5O. The Hall–Kier alpha value is -2.04. The van der Waals surface area contributed by atoms with Gasteiger partial charge in [-0.1, -0.05) is 0 Å². The molecule has 1 unspecified atom stereocenters. The van der Waals surface area contributed by atoms with Gasteiger partial charge < -0.3 is 15.7 Å².